The van der Waals surface area contributed by atoms with E-state index in [9.17, 15) is 14.7 Å². The third-order valence-electron chi connectivity index (χ3n) is 3.99. The molecule has 0 atom stereocenters. The summed E-state index contributed by atoms with van der Waals surface area (Å²) in [5.74, 6) is -1.13. The molecule has 0 spiro atoms. The van der Waals surface area contributed by atoms with Crippen molar-refractivity contribution in [1.82, 2.24) is 0 Å². The van der Waals surface area contributed by atoms with Crippen LogP contribution < -0.4 is 10.1 Å². The largest absolute Gasteiger partial charge is 0.496 e. The Kier molecular flexibility index (Phi) is 5.48. The minimum Gasteiger partial charge on any atom is -0.496 e. The van der Waals surface area contributed by atoms with Crippen LogP contribution in [0.15, 0.2) is 47.8 Å². The van der Waals surface area contributed by atoms with Gasteiger partial charge in [0, 0.05) is 16.0 Å². The van der Waals surface area contributed by atoms with Crippen molar-refractivity contribution < 1.29 is 19.4 Å². The zero-order chi connectivity index (χ0) is 19.6. The number of aryl methyl sites for hydroxylation is 1. The van der Waals surface area contributed by atoms with Crippen molar-refractivity contribution in [2.24, 2.45) is 0 Å². The van der Waals surface area contributed by atoms with E-state index in [2.05, 4.69) is 5.32 Å². The molecule has 7 heteroatoms. The highest BCUT2D eigenvalue weighted by atomic mass is 35.5. The molecular weight excluding hydrogens is 386 g/mol. The molecule has 1 amide bonds. The fourth-order valence-corrected chi connectivity index (χ4v) is 3.76. The number of anilines is 1. The van der Waals surface area contributed by atoms with Gasteiger partial charge in [0.2, 0.25) is 0 Å². The van der Waals surface area contributed by atoms with Crippen molar-refractivity contribution in [3.63, 3.8) is 0 Å². The van der Waals surface area contributed by atoms with Gasteiger partial charge in [-0.1, -0.05) is 35.4 Å². The first-order valence-electron chi connectivity index (χ1n) is 7.97. The second-order valence-corrected chi connectivity index (χ2v) is 7.14. The van der Waals surface area contributed by atoms with E-state index in [1.54, 1.807) is 41.8 Å². The van der Waals surface area contributed by atoms with Crippen LogP contribution in [-0.2, 0) is 0 Å². The molecule has 0 aliphatic heterocycles. The fourth-order valence-electron chi connectivity index (χ4n) is 2.67. The molecule has 5 nitrogen and oxygen atoms in total. The monoisotopic (exact) mass is 401 g/mol. The second-order valence-electron chi connectivity index (χ2n) is 5.82. The minimum atomic E-state index is -1.12. The quantitative estimate of drug-likeness (QED) is 0.605. The standard InChI is InChI=1S/C20H16ClNO4S/c1-11-3-8-16(26-2)14(9-11)18(23)22-19-17(20(24)25)15(10-27-19)12-4-6-13(21)7-5-12/h3-10H,1-2H3,(H,22,23)(H,24,25). The molecule has 0 aliphatic carbocycles. The number of carboxylic acids is 1. The number of carbonyl (C=O) groups is 2. The highest BCUT2D eigenvalue weighted by molar-refractivity contribution is 7.15. The lowest BCUT2D eigenvalue weighted by molar-refractivity contribution is 0.0699. The van der Waals surface area contributed by atoms with Gasteiger partial charge in [-0.05, 0) is 36.8 Å². The van der Waals surface area contributed by atoms with Crippen molar-refractivity contribution in [3.05, 3.63) is 69.6 Å². The van der Waals surface area contributed by atoms with E-state index in [1.165, 1.54) is 7.11 Å². The Labute approximate surface area is 165 Å². The summed E-state index contributed by atoms with van der Waals surface area (Å²) in [6.07, 6.45) is 0. The maximum atomic E-state index is 12.7. The highest BCUT2D eigenvalue weighted by Gasteiger charge is 2.22. The minimum absolute atomic E-state index is 0.0438. The number of ether oxygens (including phenoxy) is 1. The molecule has 0 aliphatic rings. The average molecular weight is 402 g/mol. The van der Waals surface area contributed by atoms with E-state index in [0.717, 1.165) is 16.9 Å². The third-order valence-corrected chi connectivity index (χ3v) is 5.13. The van der Waals surface area contributed by atoms with Crippen LogP contribution in [0, 0.1) is 6.92 Å². The van der Waals surface area contributed by atoms with Gasteiger partial charge >= 0.3 is 5.97 Å². The molecule has 138 valence electrons. The Balaban J connectivity index is 1.98. The molecule has 0 unspecified atom stereocenters. The summed E-state index contributed by atoms with van der Waals surface area (Å²) in [5, 5.41) is 14.9. The summed E-state index contributed by atoms with van der Waals surface area (Å²) in [5.41, 5.74) is 2.52. The van der Waals surface area contributed by atoms with E-state index in [4.69, 9.17) is 16.3 Å². The molecule has 2 aromatic carbocycles. The number of carbonyl (C=O) groups excluding carboxylic acids is 1. The van der Waals surface area contributed by atoms with Crippen molar-refractivity contribution in [2.75, 3.05) is 12.4 Å². The number of aromatic carboxylic acids is 1. The highest BCUT2D eigenvalue weighted by Crippen LogP contribution is 2.36. The summed E-state index contributed by atoms with van der Waals surface area (Å²) in [4.78, 5) is 24.6. The van der Waals surface area contributed by atoms with E-state index in [1.807, 2.05) is 13.0 Å². The molecule has 2 N–H and O–H groups in total. The number of hydrogen-bond donors (Lipinski definition) is 2. The molecular formula is C20H16ClNO4S. The van der Waals surface area contributed by atoms with Crippen LogP contribution in [0.25, 0.3) is 11.1 Å². The predicted molar refractivity (Wildman–Crippen MR) is 107 cm³/mol. The van der Waals surface area contributed by atoms with E-state index >= 15 is 0 Å². The molecule has 0 saturated carbocycles. The number of amides is 1. The second kappa shape index (κ2) is 7.82. The zero-order valence-electron chi connectivity index (χ0n) is 14.6. The van der Waals surface area contributed by atoms with E-state index in [0.29, 0.717) is 27.5 Å². The number of benzene rings is 2. The number of methoxy groups -OCH3 is 1. The first-order chi connectivity index (χ1) is 12.9. The van der Waals surface area contributed by atoms with Gasteiger partial charge in [0.15, 0.2) is 0 Å². The summed E-state index contributed by atoms with van der Waals surface area (Å²) in [7, 11) is 1.48. The van der Waals surface area contributed by atoms with Crippen molar-refractivity contribution in [1.29, 1.82) is 0 Å². The lowest BCUT2D eigenvalue weighted by Crippen LogP contribution is -2.14. The molecule has 3 aromatic rings. The van der Waals surface area contributed by atoms with Crippen LogP contribution in [0.1, 0.15) is 26.3 Å². The smallest absolute Gasteiger partial charge is 0.339 e. The lowest BCUT2D eigenvalue weighted by atomic mass is 10.0. The van der Waals surface area contributed by atoms with Crippen LogP contribution >= 0.6 is 22.9 Å². The Morgan fingerprint density at radius 2 is 1.85 bits per heavy atom. The van der Waals surface area contributed by atoms with Crippen LogP contribution in [0.5, 0.6) is 5.75 Å². The Hall–Kier alpha value is -2.83. The lowest BCUT2D eigenvalue weighted by Gasteiger charge is -2.10. The normalized spacial score (nSPS) is 10.5. The number of hydrogen-bond acceptors (Lipinski definition) is 4. The van der Waals surface area contributed by atoms with Gasteiger partial charge in [0.1, 0.15) is 16.3 Å². The Morgan fingerprint density at radius 3 is 2.48 bits per heavy atom. The maximum Gasteiger partial charge on any atom is 0.339 e. The SMILES string of the molecule is COc1ccc(C)cc1C(=O)Nc1scc(-c2ccc(Cl)cc2)c1C(=O)O. The van der Waals surface area contributed by atoms with Gasteiger partial charge < -0.3 is 15.2 Å². The van der Waals surface area contributed by atoms with Crippen molar-refractivity contribution in [3.8, 4) is 16.9 Å². The number of thiophene rings is 1. The fraction of sp³-hybridized carbons (Fsp3) is 0.100. The molecule has 3 rings (SSSR count). The van der Waals surface area contributed by atoms with Gasteiger partial charge in [-0.15, -0.1) is 11.3 Å². The maximum absolute atomic E-state index is 12.7. The van der Waals surface area contributed by atoms with Gasteiger partial charge in [-0.25, -0.2) is 4.79 Å². The van der Waals surface area contributed by atoms with E-state index < -0.39 is 11.9 Å². The molecule has 0 radical (unpaired) electrons. The summed E-state index contributed by atoms with van der Waals surface area (Å²) in [6, 6.07) is 12.1. The topological polar surface area (TPSA) is 75.6 Å². The molecule has 0 fully saturated rings. The number of rotatable bonds is 5. The number of halogens is 1. The average Bonchev–Trinajstić information content (AvgIpc) is 3.06. The van der Waals surface area contributed by atoms with Crippen LogP contribution in [0.4, 0.5) is 5.00 Å². The van der Waals surface area contributed by atoms with Gasteiger partial charge in [0.05, 0.1) is 12.7 Å². The molecule has 0 bridgehead atoms. The van der Waals surface area contributed by atoms with Crippen LogP contribution in [0.3, 0.4) is 0 Å². The molecule has 0 saturated heterocycles. The van der Waals surface area contributed by atoms with Crippen molar-refractivity contribution in [2.45, 2.75) is 6.92 Å². The summed E-state index contributed by atoms with van der Waals surface area (Å²) in [6.45, 7) is 1.86. The van der Waals surface area contributed by atoms with Crippen molar-refractivity contribution >= 4 is 39.8 Å². The first kappa shape index (κ1) is 18.9. The van der Waals surface area contributed by atoms with Gasteiger partial charge in [-0.2, -0.15) is 0 Å². The van der Waals surface area contributed by atoms with Gasteiger partial charge in [-0.3, -0.25) is 4.79 Å². The molecule has 27 heavy (non-hydrogen) atoms. The predicted octanol–water partition coefficient (Wildman–Crippen LogP) is 5.34. The summed E-state index contributed by atoms with van der Waals surface area (Å²) < 4.78 is 5.24. The first-order valence-corrected chi connectivity index (χ1v) is 9.23. The number of nitrogens with one attached hydrogen (secondary N) is 1. The Bertz CT molecular complexity index is 1010. The molecule has 1 heterocycles. The summed E-state index contributed by atoms with van der Waals surface area (Å²) >= 11 is 7.06. The van der Waals surface area contributed by atoms with Crippen LogP contribution in [0.2, 0.25) is 5.02 Å². The van der Waals surface area contributed by atoms with Crippen LogP contribution in [-0.4, -0.2) is 24.1 Å². The van der Waals surface area contributed by atoms with Gasteiger partial charge in [0.25, 0.3) is 5.91 Å². The zero-order valence-corrected chi connectivity index (χ0v) is 16.1. The molecule has 1 aromatic heterocycles. The van der Waals surface area contributed by atoms with E-state index in [-0.39, 0.29) is 10.6 Å². The number of carboxylic acid groups (broad SMARTS) is 1. The third kappa shape index (κ3) is 3.97. The Morgan fingerprint density at radius 1 is 1.15 bits per heavy atom.